The van der Waals surface area contributed by atoms with Gasteiger partial charge in [-0.15, -0.1) is 24.0 Å². The molecule has 0 radical (unpaired) electrons. The molecule has 1 aliphatic carbocycles. The van der Waals surface area contributed by atoms with E-state index in [9.17, 15) is 0 Å². The van der Waals surface area contributed by atoms with Crippen molar-refractivity contribution in [1.82, 2.24) is 10.2 Å². The number of halogens is 1. The van der Waals surface area contributed by atoms with Gasteiger partial charge in [0, 0.05) is 27.2 Å². The number of ether oxygens (including phenoxy) is 2. The predicted octanol–water partition coefficient (Wildman–Crippen LogP) is 3.27. The van der Waals surface area contributed by atoms with E-state index in [0.717, 1.165) is 36.5 Å². The van der Waals surface area contributed by atoms with Crippen LogP contribution >= 0.6 is 24.0 Å². The monoisotopic (exact) mass is 445 g/mol. The summed E-state index contributed by atoms with van der Waals surface area (Å²) >= 11 is 0. The first-order valence-corrected chi connectivity index (χ1v) is 8.56. The maximum atomic E-state index is 5.65. The second-order valence-electron chi connectivity index (χ2n) is 6.39. The van der Waals surface area contributed by atoms with E-state index in [-0.39, 0.29) is 24.0 Å². The summed E-state index contributed by atoms with van der Waals surface area (Å²) in [5.74, 6) is 3.62. The molecule has 0 unspecified atom stereocenters. The average molecular weight is 445 g/mol. The van der Waals surface area contributed by atoms with Crippen molar-refractivity contribution in [2.45, 2.75) is 32.2 Å². The Bertz CT molecular complexity index is 561. The molecule has 1 aromatic carbocycles. The van der Waals surface area contributed by atoms with Crippen LogP contribution < -0.4 is 14.8 Å². The van der Waals surface area contributed by atoms with Crippen molar-refractivity contribution >= 4 is 29.9 Å². The van der Waals surface area contributed by atoms with Gasteiger partial charge in [0.25, 0.3) is 0 Å². The fourth-order valence-electron chi connectivity index (χ4n) is 2.92. The molecule has 1 N–H and O–H groups in total. The van der Waals surface area contributed by atoms with Crippen molar-refractivity contribution in [3.05, 3.63) is 23.8 Å². The molecule has 0 aromatic heterocycles. The fourth-order valence-corrected chi connectivity index (χ4v) is 2.92. The second kappa shape index (κ2) is 9.34. The van der Waals surface area contributed by atoms with E-state index < -0.39 is 0 Å². The van der Waals surface area contributed by atoms with E-state index in [1.54, 1.807) is 0 Å². The summed E-state index contributed by atoms with van der Waals surface area (Å²) in [6.07, 6.45) is 5.43. The Labute approximate surface area is 161 Å². The number of aliphatic imine (C=N–C) groups is 1. The SMILES string of the molecule is CN=C(NCCCC1CC1)N(C)Cc1ccc2c(c1)OCCO2.I. The average Bonchev–Trinajstić information content (AvgIpc) is 3.39. The Kier molecular flexibility index (Phi) is 7.45. The third-order valence-electron chi connectivity index (χ3n) is 4.37. The molecule has 134 valence electrons. The molecule has 3 rings (SSSR count). The van der Waals surface area contributed by atoms with E-state index >= 15 is 0 Å². The van der Waals surface area contributed by atoms with Gasteiger partial charge in [0.15, 0.2) is 17.5 Å². The Balaban J connectivity index is 0.00000208. The van der Waals surface area contributed by atoms with Crippen molar-refractivity contribution < 1.29 is 9.47 Å². The molecule has 1 aromatic rings. The summed E-state index contributed by atoms with van der Waals surface area (Å²) in [7, 11) is 3.90. The van der Waals surface area contributed by atoms with E-state index in [4.69, 9.17) is 9.47 Å². The van der Waals surface area contributed by atoms with Gasteiger partial charge in [-0.25, -0.2) is 0 Å². The summed E-state index contributed by atoms with van der Waals surface area (Å²) in [6, 6.07) is 6.14. The first-order valence-electron chi connectivity index (χ1n) is 8.56. The van der Waals surface area contributed by atoms with Gasteiger partial charge in [0.2, 0.25) is 0 Å². The molecule has 1 aliphatic heterocycles. The molecule has 0 spiro atoms. The summed E-state index contributed by atoms with van der Waals surface area (Å²) < 4.78 is 11.2. The van der Waals surface area contributed by atoms with Crippen molar-refractivity contribution in [1.29, 1.82) is 0 Å². The highest BCUT2D eigenvalue weighted by atomic mass is 127. The van der Waals surface area contributed by atoms with Gasteiger partial charge in [-0.2, -0.15) is 0 Å². The van der Waals surface area contributed by atoms with Crippen molar-refractivity contribution in [2.24, 2.45) is 10.9 Å². The highest BCUT2D eigenvalue weighted by molar-refractivity contribution is 14.0. The molecule has 1 heterocycles. The minimum Gasteiger partial charge on any atom is -0.486 e. The van der Waals surface area contributed by atoms with Crippen molar-refractivity contribution in [3.63, 3.8) is 0 Å². The van der Waals surface area contributed by atoms with Gasteiger partial charge in [-0.05, 0) is 36.5 Å². The summed E-state index contributed by atoms with van der Waals surface area (Å²) in [5, 5.41) is 3.45. The maximum absolute atomic E-state index is 5.65. The lowest BCUT2D eigenvalue weighted by molar-refractivity contribution is 0.171. The molecule has 2 aliphatic rings. The molecule has 5 nitrogen and oxygen atoms in total. The van der Waals surface area contributed by atoms with Gasteiger partial charge >= 0.3 is 0 Å². The molecule has 1 saturated carbocycles. The number of nitrogens with zero attached hydrogens (tertiary/aromatic N) is 2. The van der Waals surface area contributed by atoms with Gasteiger partial charge in [-0.3, -0.25) is 4.99 Å². The predicted molar refractivity (Wildman–Crippen MR) is 108 cm³/mol. The smallest absolute Gasteiger partial charge is 0.193 e. The first kappa shape index (κ1) is 19.1. The minimum atomic E-state index is 0. The number of hydrogen-bond donors (Lipinski definition) is 1. The Morgan fingerprint density at radius 1 is 1.25 bits per heavy atom. The van der Waals surface area contributed by atoms with Crippen LogP contribution in [0.4, 0.5) is 0 Å². The lowest BCUT2D eigenvalue weighted by Crippen LogP contribution is -2.38. The van der Waals surface area contributed by atoms with E-state index in [1.165, 1.54) is 31.2 Å². The topological polar surface area (TPSA) is 46.1 Å². The number of fused-ring (bicyclic) bond motifs is 1. The van der Waals surface area contributed by atoms with Crippen LogP contribution in [0.1, 0.15) is 31.2 Å². The quantitative estimate of drug-likeness (QED) is 0.316. The lowest BCUT2D eigenvalue weighted by atomic mass is 10.2. The summed E-state index contributed by atoms with van der Waals surface area (Å²) in [6.45, 7) is 3.04. The van der Waals surface area contributed by atoms with Crippen molar-refractivity contribution in [3.8, 4) is 11.5 Å². The van der Waals surface area contributed by atoms with Crippen LogP contribution in [0.3, 0.4) is 0 Å². The van der Waals surface area contributed by atoms with Crippen LogP contribution in [0.25, 0.3) is 0 Å². The standard InChI is InChI=1S/C18H27N3O2.HI/c1-19-18(20-9-3-4-14-5-6-14)21(2)13-15-7-8-16-17(12-15)23-11-10-22-16;/h7-8,12,14H,3-6,9-11,13H2,1-2H3,(H,19,20);1H. The largest absolute Gasteiger partial charge is 0.486 e. The highest BCUT2D eigenvalue weighted by Crippen LogP contribution is 2.33. The number of guanidine groups is 1. The Morgan fingerprint density at radius 3 is 2.71 bits per heavy atom. The lowest BCUT2D eigenvalue weighted by Gasteiger charge is -2.24. The third kappa shape index (κ3) is 5.43. The second-order valence-corrected chi connectivity index (χ2v) is 6.39. The molecule has 1 fully saturated rings. The van der Waals surface area contributed by atoms with Crippen molar-refractivity contribution in [2.75, 3.05) is 33.9 Å². The fraction of sp³-hybridized carbons (Fsp3) is 0.611. The van der Waals surface area contributed by atoms with Crippen LogP contribution in [-0.2, 0) is 6.54 Å². The summed E-state index contributed by atoms with van der Waals surface area (Å²) in [4.78, 5) is 6.52. The number of hydrogen-bond acceptors (Lipinski definition) is 3. The number of rotatable bonds is 6. The van der Waals surface area contributed by atoms with Crippen LogP contribution in [-0.4, -0.2) is 44.7 Å². The highest BCUT2D eigenvalue weighted by Gasteiger charge is 2.20. The van der Waals surface area contributed by atoms with Gasteiger partial charge in [0.05, 0.1) is 0 Å². The Morgan fingerprint density at radius 2 is 2.00 bits per heavy atom. The maximum Gasteiger partial charge on any atom is 0.193 e. The van der Waals surface area contributed by atoms with Crippen LogP contribution in [0.15, 0.2) is 23.2 Å². The number of nitrogens with one attached hydrogen (secondary N) is 1. The molecule has 0 saturated heterocycles. The summed E-state index contributed by atoms with van der Waals surface area (Å²) in [5.41, 5.74) is 1.19. The zero-order valence-electron chi connectivity index (χ0n) is 14.6. The Hall–Kier alpha value is -1.18. The van der Waals surface area contributed by atoms with Crippen LogP contribution in [0, 0.1) is 5.92 Å². The van der Waals surface area contributed by atoms with Gasteiger partial charge < -0.3 is 19.7 Å². The molecular weight excluding hydrogens is 417 g/mol. The number of benzene rings is 1. The molecular formula is C18H28IN3O2. The van der Waals surface area contributed by atoms with Gasteiger partial charge in [-0.1, -0.05) is 18.9 Å². The minimum absolute atomic E-state index is 0. The molecule has 0 atom stereocenters. The molecule has 0 amide bonds. The van der Waals surface area contributed by atoms with Crippen LogP contribution in [0.5, 0.6) is 11.5 Å². The molecule has 0 bridgehead atoms. The van der Waals surface area contributed by atoms with E-state index in [2.05, 4.69) is 34.4 Å². The van der Waals surface area contributed by atoms with E-state index in [1.807, 2.05) is 13.1 Å². The zero-order chi connectivity index (χ0) is 16.1. The van der Waals surface area contributed by atoms with Crippen LogP contribution in [0.2, 0.25) is 0 Å². The molecule has 24 heavy (non-hydrogen) atoms. The van der Waals surface area contributed by atoms with Gasteiger partial charge in [0.1, 0.15) is 13.2 Å². The normalized spacial score (nSPS) is 16.3. The van der Waals surface area contributed by atoms with E-state index in [0.29, 0.717) is 13.2 Å². The molecule has 6 heteroatoms. The first-order chi connectivity index (χ1) is 11.3. The zero-order valence-corrected chi connectivity index (χ0v) is 16.9. The third-order valence-corrected chi connectivity index (χ3v) is 4.37.